The first-order valence-corrected chi connectivity index (χ1v) is 7.90. The molecule has 2 unspecified atom stereocenters. The van der Waals surface area contributed by atoms with E-state index in [-0.39, 0.29) is 23.7 Å². The van der Waals surface area contributed by atoms with Gasteiger partial charge >= 0.3 is 0 Å². The molecule has 0 aromatic heterocycles. The SMILES string of the molecule is CCNCc1ccccc1N1C(=O)C2CCCCC2C1=O. The lowest BCUT2D eigenvalue weighted by atomic mass is 9.81. The second kappa shape index (κ2) is 5.98. The molecule has 1 saturated heterocycles. The van der Waals surface area contributed by atoms with Gasteiger partial charge in [0.15, 0.2) is 0 Å². The number of rotatable bonds is 4. The van der Waals surface area contributed by atoms with E-state index in [0.717, 1.165) is 43.5 Å². The number of nitrogens with one attached hydrogen (secondary N) is 1. The highest BCUT2D eigenvalue weighted by atomic mass is 16.2. The normalized spacial score (nSPS) is 25.3. The minimum Gasteiger partial charge on any atom is -0.313 e. The molecule has 2 aliphatic rings. The maximum atomic E-state index is 12.7. The van der Waals surface area contributed by atoms with Gasteiger partial charge in [-0.25, -0.2) is 4.90 Å². The van der Waals surface area contributed by atoms with Crippen molar-refractivity contribution in [1.29, 1.82) is 0 Å². The number of nitrogens with zero attached hydrogens (tertiary/aromatic N) is 1. The van der Waals surface area contributed by atoms with E-state index in [1.54, 1.807) is 0 Å². The van der Waals surface area contributed by atoms with Gasteiger partial charge in [0, 0.05) is 6.54 Å². The Balaban J connectivity index is 1.93. The van der Waals surface area contributed by atoms with E-state index in [9.17, 15) is 9.59 Å². The fourth-order valence-corrected chi connectivity index (χ4v) is 3.54. The van der Waals surface area contributed by atoms with Crippen molar-refractivity contribution in [1.82, 2.24) is 5.32 Å². The van der Waals surface area contributed by atoms with Gasteiger partial charge in [-0.3, -0.25) is 9.59 Å². The number of hydrogen-bond donors (Lipinski definition) is 1. The zero-order valence-corrected chi connectivity index (χ0v) is 12.5. The molecular formula is C17H22N2O2. The number of imide groups is 1. The molecule has 0 bridgehead atoms. The van der Waals surface area contributed by atoms with Gasteiger partial charge < -0.3 is 5.32 Å². The van der Waals surface area contributed by atoms with Gasteiger partial charge in [0.25, 0.3) is 0 Å². The molecule has 1 aliphatic heterocycles. The fourth-order valence-electron chi connectivity index (χ4n) is 3.54. The van der Waals surface area contributed by atoms with Crippen LogP contribution < -0.4 is 10.2 Å². The van der Waals surface area contributed by atoms with E-state index in [1.165, 1.54) is 4.90 Å². The molecule has 1 aromatic rings. The van der Waals surface area contributed by atoms with Crippen molar-refractivity contribution in [3.8, 4) is 0 Å². The fraction of sp³-hybridized carbons (Fsp3) is 0.529. The predicted molar refractivity (Wildman–Crippen MR) is 81.8 cm³/mol. The van der Waals surface area contributed by atoms with E-state index in [4.69, 9.17) is 0 Å². The molecule has 3 rings (SSSR count). The Bertz CT molecular complexity index is 531. The minimum atomic E-state index is -0.0848. The van der Waals surface area contributed by atoms with Crippen LogP contribution in [0.5, 0.6) is 0 Å². The summed E-state index contributed by atoms with van der Waals surface area (Å²) in [6.45, 7) is 3.59. The largest absolute Gasteiger partial charge is 0.313 e. The molecule has 0 spiro atoms. The van der Waals surface area contributed by atoms with Crippen molar-refractivity contribution in [3.63, 3.8) is 0 Å². The van der Waals surface area contributed by atoms with Crippen LogP contribution in [0.15, 0.2) is 24.3 Å². The molecule has 2 fully saturated rings. The van der Waals surface area contributed by atoms with Gasteiger partial charge in [-0.15, -0.1) is 0 Å². The highest BCUT2D eigenvalue weighted by Crippen LogP contribution is 2.40. The monoisotopic (exact) mass is 286 g/mol. The molecular weight excluding hydrogens is 264 g/mol. The van der Waals surface area contributed by atoms with Crippen LogP contribution in [-0.4, -0.2) is 18.4 Å². The lowest BCUT2D eigenvalue weighted by Crippen LogP contribution is -2.32. The number of benzene rings is 1. The van der Waals surface area contributed by atoms with Crippen LogP contribution in [-0.2, 0) is 16.1 Å². The van der Waals surface area contributed by atoms with Gasteiger partial charge in [0.05, 0.1) is 17.5 Å². The average Bonchev–Trinajstić information content (AvgIpc) is 2.78. The van der Waals surface area contributed by atoms with E-state index in [2.05, 4.69) is 5.32 Å². The summed E-state index contributed by atoms with van der Waals surface area (Å²) in [5.41, 5.74) is 1.78. The third-order valence-corrected chi connectivity index (χ3v) is 4.64. The Morgan fingerprint density at radius 2 is 1.71 bits per heavy atom. The Labute approximate surface area is 125 Å². The Morgan fingerprint density at radius 3 is 2.33 bits per heavy atom. The Kier molecular flexibility index (Phi) is 4.06. The summed E-state index contributed by atoms with van der Waals surface area (Å²) in [5, 5.41) is 3.27. The smallest absolute Gasteiger partial charge is 0.237 e. The van der Waals surface area contributed by atoms with Crippen LogP contribution >= 0.6 is 0 Å². The number of carbonyl (C=O) groups excluding carboxylic acids is 2. The molecule has 0 radical (unpaired) electrons. The van der Waals surface area contributed by atoms with Gasteiger partial charge in [-0.2, -0.15) is 0 Å². The second-order valence-corrected chi connectivity index (χ2v) is 5.92. The van der Waals surface area contributed by atoms with Crippen LogP contribution in [0.3, 0.4) is 0 Å². The summed E-state index contributed by atoms with van der Waals surface area (Å²) < 4.78 is 0. The molecule has 1 N–H and O–H groups in total. The van der Waals surface area contributed by atoms with Crippen LogP contribution in [0.1, 0.15) is 38.2 Å². The Morgan fingerprint density at radius 1 is 1.10 bits per heavy atom. The number of anilines is 1. The molecule has 1 saturated carbocycles. The van der Waals surface area contributed by atoms with Gasteiger partial charge in [0.2, 0.25) is 11.8 Å². The molecule has 1 aromatic carbocycles. The first kappa shape index (κ1) is 14.3. The third kappa shape index (κ3) is 2.48. The summed E-state index contributed by atoms with van der Waals surface area (Å²) in [5.74, 6) is -0.154. The number of hydrogen-bond acceptors (Lipinski definition) is 3. The summed E-state index contributed by atoms with van der Waals surface area (Å²) >= 11 is 0. The molecule has 4 heteroatoms. The van der Waals surface area contributed by atoms with Crippen LogP contribution in [0.2, 0.25) is 0 Å². The topological polar surface area (TPSA) is 49.4 Å². The van der Waals surface area contributed by atoms with Crippen LogP contribution in [0.25, 0.3) is 0 Å². The maximum Gasteiger partial charge on any atom is 0.237 e. The molecule has 2 atom stereocenters. The van der Waals surface area contributed by atoms with E-state index < -0.39 is 0 Å². The van der Waals surface area contributed by atoms with Crippen LogP contribution in [0.4, 0.5) is 5.69 Å². The highest BCUT2D eigenvalue weighted by molar-refractivity contribution is 6.22. The highest BCUT2D eigenvalue weighted by Gasteiger charge is 2.49. The average molecular weight is 286 g/mol. The standard InChI is InChI=1S/C17H22N2O2/c1-2-18-11-12-7-3-6-10-15(12)19-16(20)13-8-4-5-9-14(13)17(19)21/h3,6-7,10,13-14,18H,2,4-5,8-9,11H2,1H3. The third-order valence-electron chi connectivity index (χ3n) is 4.64. The number of carbonyl (C=O) groups is 2. The molecule has 1 heterocycles. The number of para-hydroxylation sites is 1. The molecule has 21 heavy (non-hydrogen) atoms. The summed E-state index contributed by atoms with van der Waals surface area (Å²) in [4.78, 5) is 26.8. The van der Waals surface area contributed by atoms with Crippen molar-refractivity contribution in [2.24, 2.45) is 11.8 Å². The quantitative estimate of drug-likeness (QED) is 0.865. The van der Waals surface area contributed by atoms with E-state index in [0.29, 0.717) is 6.54 Å². The second-order valence-electron chi connectivity index (χ2n) is 5.92. The van der Waals surface area contributed by atoms with Crippen molar-refractivity contribution in [3.05, 3.63) is 29.8 Å². The van der Waals surface area contributed by atoms with E-state index in [1.807, 2.05) is 31.2 Å². The van der Waals surface area contributed by atoms with Gasteiger partial charge in [0.1, 0.15) is 0 Å². The van der Waals surface area contributed by atoms with Gasteiger partial charge in [-0.1, -0.05) is 38.0 Å². The summed E-state index contributed by atoms with van der Waals surface area (Å²) in [7, 11) is 0. The zero-order valence-electron chi connectivity index (χ0n) is 12.5. The lowest BCUT2D eigenvalue weighted by Gasteiger charge is -2.19. The molecule has 2 amide bonds. The molecule has 1 aliphatic carbocycles. The maximum absolute atomic E-state index is 12.7. The van der Waals surface area contributed by atoms with Gasteiger partial charge in [-0.05, 0) is 31.0 Å². The van der Waals surface area contributed by atoms with Crippen molar-refractivity contribution in [2.45, 2.75) is 39.2 Å². The number of amides is 2. The first-order chi connectivity index (χ1) is 10.2. The van der Waals surface area contributed by atoms with Crippen LogP contribution in [0, 0.1) is 11.8 Å². The summed E-state index contributed by atoms with van der Waals surface area (Å²) in [6, 6.07) is 7.72. The minimum absolute atomic E-state index is 0.00801. The van der Waals surface area contributed by atoms with Crippen molar-refractivity contribution >= 4 is 17.5 Å². The lowest BCUT2D eigenvalue weighted by molar-refractivity contribution is -0.122. The predicted octanol–water partition coefficient (Wildman–Crippen LogP) is 2.48. The Hall–Kier alpha value is -1.68. The van der Waals surface area contributed by atoms with Crippen molar-refractivity contribution in [2.75, 3.05) is 11.4 Å². The number of fused-ring (bicyclic) bond motifs is 1. The first-order valence-electron chi connectivity index (χ1n) is 7.90. The van der Waals surface area contributed by atoms with Crippen molar-refractivity contribution < 1.29 is 9.59 Å². The molecule has 4 nitrogen and oxygen atoms in total. The van der Waals surface area contributed by atoms with E-state index >= 15 is 0 Å². The molecule has 112 valence electrons. The summed E-state index contributed by atoms with van der Waals surface area (Å²) in [6.07, 6.45) is 3.85. The zero-order chi connectivity index (χ0) is 14.8.